The van der Waals surface area contributed by atoms with E-state index in [1.165, 1.54) is 12.1 Å². The Morgan fingerprint density at radius 3 is 2.19 bits per heavy atom. The minimum atomic E-state index is -0.553. The number of aryl methyl sites for hydroxylation is 2. The zero-order chi connectivity index (χ0) is 15.6. The molecule has 0 bridgehead atoms. The normalized spacial score (nSPS) is 10.8. The van der Waals surface area contributed by atoms with Gasteiger partial charge >= 0.3 is 0 Å². The van der Waals surface area contributed by atoms with E-state index in [0.29, 0.717) is 12.1 Å². The third-order valence-corrected chi connectivity index (χ3v) is 3.51. The molecule has 21 heavy (non-hydrogen) atoms. The molecule has 0 heterocycles. The van der Waals surface area contributed by atoms with Crippen molar-refractivity contribution < 1.29 is 8.78 Å². The molecule has 0 unspecified atom stereocenters. The highest BCUT2D eigenvalue weighted by molar-refractivity contribution is 5.67. The summed E-state index contributed by atoms with van der Waals surface area (Å²) in [5, 5.41) is 2.89. The molecule has 0 fully saturated rings. The smallest absolute Gasteiger partial charge is 0.150 e. The molecular formula is C17H20F2N2. The van der Waals surface area contributed by atoms with Crippen LogP contribution in [-0.4, -0.2) is 14.1 Å². The molecule has 2 rings (SSSR count). The molecule has 4 heteroatoms. The summed E-state index contributed by atoms with van der Waals surface area (Å²) in [4.78, 5) is 1.56. The number of benzene rings is 2. The molecule has 2 nitrogen and oxygen atoms in total. The fourth-order valence-electron chi connectivity index (χ4n) is 2.55. The minimum absolute atomic E-state index is 0.0261. The van der Waals surface area contributed by atoms with Crippen LogP contribution in [0.3, 0.4) is 0 Å². The van der Waals surface area contributed by atoms with Crippen LogP contribution in [0.5, 0.6) is 0 Å². The average molecular weight is 290 g/mol. The molecule has 0 aliphatic heterocycles. The number of hydrogen-bond donors (Lipinski definition) is 1. The number of nitrogens with one attached hydrogen (secondary N) is 1. The molecular weight excluding hydrogens is 270 g/mol. The number of hydrogen-bond acceptors (Lipinski definition) is 2. The lowest BCUT2D eigenvalue weighted by Gasteiger charge is -2.23. The average Bonchev–Trinajstić information content (AvgIpc) is 2.37. The van der Waals surface area contributed by atoms with Crippen LogP contribution in [0.4, 0.5) is 20.2 Å². The predicted octanol–water partition coefficient (Wildman–Crippen LogP) is 4.07. The lowest BCUT2D eigenvalue weighted by Crippen LogP contribution is -2.15. The summed E-state index contributed by atoms with van der Waals surface area (Å²) >= 11 is 0. The SMILES string of the molecule is CNCc1cc(F)c(N(C)c2ccc(C)cc2C)c(F)c1. The molecule has 0 atom stereocenters. The second kappa shape index (κ2) is 6.22. The Morgan fingerprint density at radius 1 is 1.05 bits per heavy atom. The van der Waals surface area contributed by atoms with Gasteiger partial charge in [-0.1, -0.05) is 17.7 Å². The van der Waals surface area contributed by atoms with E-state index in [2.05, 4.69) is 5.32 Å². The lowest BCUT2D eigenvalue weighted by molar-refractivity contribution is 0.578. The van der Waals surface area contributed by atoms with E-state index < -0.39 is 11.6 Å². The fraction of sp³-hybridized carbons (Fsp3) is 0.294. The Hall–Kier alpha value is -1.94. The maximum Gasteiger partial charge on any atom is 0.150 e. The van der Waals surface area contributed by atoms with Crippen LogP contribution in [0.1, 0.15) is 16.7 Å². The van der Waals surface area contributed by atoms with Gasteiger partial charge in [0.1, 0.15) is 17.3 Å². The molecule has 112 valence electrons. The van der Waals surface area contributed by atoms with E-state index in [9.17, 15) is 8.78 Å². The van der Waals surface area contributed by atoms with Crippen molar-refractivity contribution in [3.63, 3.8) is 0 Å². The van der Waals surface area contributed by atoms with Crippen LogP contribution < -0.4 is 10.2 Å². The highest BCUT2D eigenvalue weighted by Crippen LogP contribution is 2.32. The molecule has 0 saturated heterocycles. The summed E-state index contributed by atoms with van der Waals surface area (Å²) in [6, 6.07) is 8.55. The van der Waals surface area contributed by atoms with Crippen LogP contribution in [-0.2, 0) is 6.54 Å². The molecule has 0 spiro atoms. The zero-order valence-electron chi connectivity index (χ0n) is 12.8. The number of rotatable bonds is 4. The molecule has 0 aliphatic carbocycles. The first-order valence-corrected chi connectivity index (χ1v) is 6.87. The summed E-state index contributed by atoms with van der Waals surface area (Å²) in [6.07, 6.45) is 0. The minimum Gasteiger partial charge on any atom is -0.340 e. The first-order valence-electron chi connectivity index (χ1n) is 6.87. The van der Waals surface area contributed by atoms with Gasteiger partial charge in [-0.3, -0.25) is 0 Å². The Balaban J connectivity index is 2.45. The molecule has 0 aliphatic rings. The van der Waals surface area contributed by atoms with Gasteiger partial charge in [-0.15, -0.1) is 0 Å². The van der Waals surface area contributed by atoms with Gasteiger partial charge in [-0.2, -0.15) is 0 Å². The lowest BCUT2D eigenvalue weighted by atomic mass is 10.1. The second-order valence-electron chi connectivity index (χ2n) is 5.29. The topological polar surface area (TPSA) is 15.3 Å². The fourth-order valence-corrected chi connectivity index (χ4v) is 2.55. The van der Waals surface area contributed by atoms with Crippen LogP contribution in [0, 0.1) is 25.5 Å². The van der Waals surface area contributed by atoms with E-state index in [4.69, 9.17) is 0 Å². The predicted molar refractivity (Wildman–Crippen MR) is 83.1 cm³/mol. The molecule has 0 amide bonds. The van der Waals surface area contributed by atoms with Crippen LogP contribution in [0.15, 0.2) is 30.3 Å². The van der Waals surface area contributed by atoms with Crippen molar-refractivity contribution >= 4 is 11.4 Å². The summed E-state index contributed by atoms with van der Waals surface area (Å²) in [7, 11) is 3.42. The van der Waals surface area contributed by atoms with Crippen molar-refractivity contribution in [2.75, 3.05) is 19.0 Å². The van der Waals surface area contributed by atoms with Gasteiger partial charge in [0.15, 0.2) is 0 Å². The van der Waals surface area contributed by atoms with Crippen molar-refractivity contribution in [1.29, 1.82) is 0 Å². The Labute approximate surface area is 124 Å². The highest BCUT2D eigenvalue weighted by atomic mass is 19.1. The molecule has 0 radical (unpaired) electrons. The maximum atomic E-state index is 14.3. The first-order chi connectivity index (χ1) is 9.93. The Morgan fingerprint density at radius 2 is 1.67 bits per heavy atom. The zero-order valence-corrected chi connectivity index (χ0v) is 12.8. The summed E-state index contributed by atoms with van der Waals surface area (Å²) < 4.78 is 28.5. The maximum absolute atomic E-state index is 14.3. The second-order valence-corrected chi connectivity index (χ2v) is 5.29. The van der Waals surface area contributed by atoms with Gasteiger partial charge in [0.2, 0.25) is 0 Å². The molecule has 2 aromatic carbocycles. The van der Waals surface area contributed by atoms with Crippen molar-refractivity contribution in [3.05, 3.63) is 58.7 Å². The van der Waals surface area contributed by atoms with E-state index in [1.807, 2.05) is 32.0 Å². The number of halogens is 2. The standard InChI is InChI=1S/C17H20F2N2/c1-11-5-6-16(12(2)7-11)21(4)17-14(18)8-13(10-20-3)9-15(17)19/h5-9,20H,10H2,1-4H3. The van der Waals surface area contributed by atoms with Gasteiger partial charge in [0, 0.05) is 19.3 Å². The van der Waals surface area contributed by atoms with Gasteiger partial charge < -0.3 is 10.2 Å². The third kappa shape index (κ3) is 3.22. The Bertz CT molecular complexity index is 630. The van der Waals surface area contributed by atoms with Crippen molar-refractivity contribution in [1.82, 2.24) is 5.32 Å². The monoisotopic (exact) mass is 290 g/mol. The number of nitrogens with zero attached hydrogens (tertiary/aromatic N) is 1. The van der Waals surface area contributed by atoms with Crippen molar-refractivity contribution in [2.45, 2.75) is 20.4 Å². The van der Waals surface area contributed by atoms with Gasteiger partial charge in [-0.05, 0) is 50.2 Å². The van der Waals surface area contributed by atoms with Gasteiger partial charge in [0.05, 0.1) is 0 Å². The Kier molecular flexibility index (Phi) is 4.58. The van der Waals surface area contributed by atoms with E-state index in [1.54, 1.807) is 19.0 Å². The first kappa shape index (κ1) is 15.4. The summed E-state index contributed by atoms with van der Waals surface area (Å²) in [6.45, 7) is 4.36. The van der Waals surface area contributed by atoms with Gasteiger partial charge in [0.25, 0.3) is 0 Å². The largest absolute Gasteiger partial charge is 0.340 e. The highest BCUT2D eigenvalue weighted by Gasteiger charge is 2.17. The third-order valence-electron chi connectivity index (χ3n) is 3.51. The van der Waals surface area contributed by atoms with E-state index in [-0.39, 0.29) is 5.69 Å². The van der Waals surface area contributed by atoms with Crippen LogP contribution in [0.25, 0.3) is 0 Å². The molecule has 0 saturated carbocycles. The van der Waals surface area contributed by atoms with E-state index in [0.717, 1.165) is 16.8 Å². The van der Waals surface area contributed by atoms with E-state index >= 15 is 0 Å². The summed E-state index contributed by atoms with van der Waals surface area (Å²) in [5.74, 6) is -1.11. The molecule has 1 N–H and O–H groups in total. The van der Waals surface area contributed by atoms with Crippen molar-refractivity contribution in [3.8, 4) is 0 Å². The summed E-state index contributed by atoms with van der Waals surface area (Å²) in [5.41, 5.74) is 3.46. The molecule has 0 aromatic heterocycles. The van der Waals surface area contributed by atoms with Crippen molar-refractivity contribution in [2.24, 2.45) is 0 Å². The van der Waals surface area contributed by atoms with Crippen LogP contribution >= 0.6 is 0 Å². The molecule has 2 aromatic rings. The van der Waals surface area contributed by atoms with Gasteiger partial charge in [-0.25, -0.2) is 8.78 Å². The quantitative estimate of drug-likeness (QED) is 0.913. The number of anilines is 2. The van der Waals surface area contributed by atoms with Crippen LogP contribution in [0.2, 0.25) is 0 Å².